The molecule has 1 rings (SSSR count). The fourth-order valence-corrected chi connectivity index (χ4v) is 3.95. The van der Waals surface area contributed by atoms with Crippen LogP contribution in [0.15, 0.2) is 0 Å². The number of hydrogen-bond acceptors (Lipinski definition) is 9. The molecule has 0 aliphatic carbocycles. The highest BCUT2D eigenvalue weighted by Crippen LogP contribution is 2.16. The average Bonchev–Trinajstić information content (AvgIpc) is 3.26. The van der Waals surface area contributed by atoms with Gasteiger partial charge in [-0.05, 0) is 17.8 Å². The summed E-state index contributed by atoms with van der Waals surface area (Å²) < 4.78 is 4.84. The number of rotatable bonds is 16. The minimum Gasteiger partial charge on any atom is -0.467 e. The number of hydroxylamine groups is 2. The molecule has 1 heterocycles. The Morgan fingerprint density at radius 3 is 1.60 bits per heavy atom. The van der Waals surface area contributed by atoms with Crippen LogP contribution in [0.25, 0.3) is 0 Å². The van der Waals surface area contributed by atoms with Gasteiger partial charge < -0.3 is 25.5 Å². The van der Waals surface area contributed by atoms with Crippen LogP contribution in [-0.4, -0.2) is 71.8 Å². The van der Waals surface area contributed by atoms with Crippen LogP contribution in [-0.2, 0) is 43.1 Å². The second-order valence-electron chi connectivity index (χ2n) is 10.2. The van der Waals surface area contributed by atoms with E-state index < -0.39 is 66.0 Å². The van der Waals surface area contributed by atoms with Gasteiger partial charge in [0.25, 0.3) is 11.8 Å². The summed E-state index contributed by atoms with van der Waals surface area (Å²) in [5.41, 5.74) is 0. The number of amides is 5. The summed E-state index contributed by atoms with van der Waals surface area (Å²) in [5.74, 6) is -5.33. The minimum atomic E-state index is -1.01. The van der Waals surface area contributed by atoms with Crippen molar-refractivity contribution in [2.75, 3.05) is 7.11 Å². The molecule has 1 aliphatic heterocycles. The molecule has 1 aliphatic rings. The van der Waals surface area contributed by atoms with Crippen LogP contribution < -0.4 is 16.0 Å². The molecule has 6 atom stereocenters. The second kappa shape index (κ2) is 16.6. The summed E-state index contributed by atoms with van der Waals surface area (Å²) in [6.07, 6.45) is 0.832. The van der Waals surface area contributed by atoms with Gasteiger partial charge in [0.15, 0.2) is 0 Å². The summed E-state index contributed by atoms with van der Waals surface area (Å²) >= 11 is 0. The first-order valence-electron chi connectivity index (χ1n) is 13.8. The zero-order valence-electron chi connectivity index (χ0n) is 24.5. The molecule has 0 aromatic rings. The summed E-state index contributed by atoms with van der Waals surface area (Å²) in [6, 6.07) is -2.88. The molecule has 0 aromatic carbocycles. The topological polar surface area (TPSA) is 177 Å². The van der Waals surface area contributed by atoms with Gasteiger partial charge in [-0.15, -0.1) is 5.06 Å². The Kier molecular flexibility index (Phi) is 14.3. The van der Waals surface area contributed by atoms with Gasteiger partial charge >= 0.3 is 11.9 Å². The molecule has 0 spiro atoms. The molecule has 0 unspecified atom stereocenters. The Hall–Kier alpha value is -3.51. The van der Waals surface area contributed by atoms with Crippen LogP contribution >= 0.6 is 0 Å². The van der Waals surface area contributed by atoms with Gasteiger partial charge in [-0.25, -0.2) is 9.59 Å². The zero-order chi connectivity index (χ0) is 30.6. The molecule has 0 saturated carbocycles. The van der Waals surface area contributed by atoms with E-state index in [1.54, 1.807) is 13.8 Å². The van der Waals surface area contributed by atoms with Gasteiger partial charge in [-0.1, -0.05) is 60.8 Å². The van der Waals surface area contributed by atoms with Crippen molar-refractivity contribution < 1.29 is 43.1 Å². The first-order valence-corrected chi connectivity index (χ1v) is 13.8. The monoisotopic (exact) mass is 568 g/mol. The van der Waals surface area contributed by atoms with Crippen molar-refractivity contribution >= 4 is 41.5 Å². The van der Waals surface area contributed by atoms with Gasteiger partial charge in [0.1, 0.15) is 18.1 Å². The Balaban J connectivity index is 2.92. The number of hydrogen-bond donors (Lipinski definition) is 3. The second-order valence-corrected chi connectivity index (χ2v) is 10.2. The molecule has 0 aromatic heterocycles. The number of esters is 1. The lowest BCUT2D eigenvalue weighted by atomic mass is 9.93. The van der Waals surface area contributed by atoms with Gasteiger partial charge in [0.2, 0.25) is 17.7 Å². The van der Waals surface area contributed by atoms with E-state index in [-0.39, 0.29) is 37.0 Å². The normalized spacial score (nSPS) is 17.6. The first kappa shape index (κ1) is 34.5. The summed E-state index contributed by atoms with van der Waals surface area (Å²) in [5, 5.41) is 8.47. The fourth-order valence-electron chi connectivity index (χ4n) is 3.95. The molecule has 0 bridgehead atoms. The maximum absolute atomic E-state index is 13.3. The Morgan fingerprint density at radius 2 is 1.15 bits per heavy atom. The van der Waals surface area contributed by atoms with E-state index in [4.69, 9.17) is 9.57 Å². The van der Waals surface area contributed by atoms with Gasteiger partial charge in [-0.2, -0.15) is 0 Å². The molecule has 40 heavy (non-hydrogen) atoms. The zero-order valence-corrected chi connectivity index (χ0v) is 24.5. The van der Waals surface area contributed by atoms with E-state index in [1.165, 1.54) is 7.11 Å². The number of nitrogens with zero attached hydrogens (tertiary/aromatic N) is 1. The van der Waals surface area contributed by atoms with Gasteiger partial charge in [0, 0.05) is 19.3 Å². The van der Waals surface area contributed by atoms with Crippen molar-refractivity contribution in [2.45, 2.75) is 105 Å². The Bertz CT molecular complexity index is 938. The lowest BCUT2D eigenvalue weighted by Gasteiger charge is -2.30. The van der Waals surface area contributed by atoms with Crippen LogP contribution in [0.1, 0.15) is 86.5 Å². The highest BCUT2D eigenvalue weighted by molar-refractivity contribution is 6.01. The number of carbonyl (C=O) groups is 7. The smallest absolute Gasteiger partial charge is 0.333 e. The maximum atomic E-state index is 13.3. The van der Waals surface area contributed by atoms with Crippen LogP contribution in [0.4, 0.5) is 0 Å². The Labute approximate surface area is 235 Å². The van der Waals surface area contributed by atoms with Crippen molar-refractivity contribution in [1.82, 2.24) is 21.0 Å². The predicted molar refractivity (Wildman–Crippen MR) is 143 cm³/mol. The minimum absolute atomic E-state index is 0.0467. The predicted octanol–water partition coefficient (Wildman–Crippen LogP) is 1.14. The van der Waals surface area contributed by atoms with E-state index >= 15 is 0 Å². The highest BCUT2D eigenvalue weighted by Gasteiger charge is 2.36. The van der Waals surface area contributed by atoms with E-state index in [2.05, 4.69) is 16.0 Å². The van der Waals surface area contributed by atoms with Crippen LogP contribution in [0.5, 0.6) is 0 Å². The van der Waals surface area contributed by atoms with Crippen molar-refractivity contribution in [1.29, 1.82) is 0 Å². The van der Waals surface area contributed by atoms with E-state index in [0.717, 1.165) is 0 Å². The number of methoxy groups -OCH3 is 1. The average molecular weight is 569 g/mol. The quantitative estimate of drug-likeness (QED) is 0.182. The lowest BCUT2D eigenvalue weighted by Crippen LogP contribution is -2.59. The van der Waals surface area contributed by atoms with Crippen LogP contribution in [0.2, 0.25) is 0 Å². The van der Waals surface area contributed by atoms with Crippen molar-refractivity contribution in [3.8, 4) is 0 Å². The van der Waals surface area contributed by atoms with Crippen molar-refractivity contribution in [3.05, 3.63) is 0 Å². The van der Waals surface area contributed by atoms with Crippen molar-refractivity contribution in [3.63, 3.8) is 0 Å². The van der Waals surface area contributed by atoms with E-state index in [0.29, 0.717) is 24.3 Å². The molecular weight excluding hydrogens is 524 g/mol. The molecule has 5 amide bonds. The molecular formula is C27H44N4O9. The van der Waals surface area contributed by atoms with E-state index in [1.807, 2.05) is 27.7 Å². The maximum Gasteiger partial charge on any atom is 0.333 e. The third kappa shape index (κ3) is 9.91. The summed E-state index contributed by atoms with van der Waals surface area (Å²) in [4.78, 5) is 91.6. The third-order valence-corrected chi connectivity index (χ3v) is 7.33. The van der Waals surface area contributed by atoms with Crippen LogP contribution in [0.3, 0.4) is 0 Å². The Morgan fingerprint density at radius 1 is 0.725 bits per heavy atom. The van der Waals surface area contributed by atoms with Gasteiger partial charge in [-0.3, -0.25) is 24.0 Å². The number of carbonyl (C=O) groups excluding carboxylic acids is 7. The van der Waals surface area contributed by atoms with E-state index in [9.17, 15) is 33.6 Å². The molecule has 1 saturated heterocycles. The van der Waals surface area contributed by atoms with Gasteiger partial charge in [0.05, 0.1) is 13.5 Å². The number of ether oxygens (including phenoxy) is 1. The standard InChI is InChI=1S/C27H44N4O9/c1-8-15(4)22(28-18(32)11-14-21(35)40-31-19(33)12-13-20(31)34)25(36)29-23(16(5)9-2)26(37)30-24(17(6)10-3)27(38)39-7/h15-17,22-24H,8-14H2,1-7H3,(H,28,32)(H,29,36)(H,30,37)/t15-,16-,17-,22-,23-,24-/m0/s1. The number of imide groups is 1. The molecule has 0 radical (unpaired) electrons. The molecule has 226 valence electrons. The molecule has 3 N–H and O–H groups in total. The van der Waals surface area contributed by atoms with Crippen LogP contribution in [0, 0.1) is 17.8 Å². The fraction of sp³-hybridized carbons (Fsp3) is 0.741. The summed E-state index contributed by atoms with van der Waals surface area (Å²) in [6.45, 7) is 10.9. The lowest BCUT2D eigenvalue weighted by molar-refractivity contribution is -0.197. The molecule has 13 heteroatoms. The number of nitrogens with one attached hydrogen (secondary N) is 3. The molecule has 13 nitrogen and oxygen atoms in total. The largest absolute Gasteiger partial charge is 0.467 e. The highest BCUT2D eigenvalue weighted by atomic mass is 16.7. The van der Waals surface area contributed by atoms with Crippen molar-refractivity contribution in [2.24, 2.45) is 17.8 Å². The SMILES string of the molecule is CC[C@H](C)[C@H](NC(=O)CCC(=O)ON1C(=O)CCC1=O)C(=O)N[C@H](C(=O)N[C@H](C(=O)OC)[C@@H](C)CC)[C@@H](C)CC. The third-order valence-electron chi connectivity index (χ3n) is 7.33. The first-order chi connectivity index (χ1) is 18.8. The summed E-state index contributed by atoms with van der Waals surface area (Å²) in [7, 11) is 1.24. The molecule has 1 fully saturated rings.